The van der Waals surface area contributed by atoms with Gasteiger partial charge in [-0.15, -0.1) is 0 Å². The van der Waals surface area contributed by atoms with Gasteiger partial charge in [0.15, 0.2) is 0 Å². The van der Waals surface area contributed by atoms with Crippen molar-refractivity contribution in [3.8, 4) is 0 Å². The Kier molecular flexibility index (Phi) is 2.18. The molecule has 0 aliphatic carbocycles. The average Bonchev–Trinajstić information content (AvgIpc) is 2.62. The Bertz CT molecular complexity index is 242. The zero-order valence-electron chi connectivity index (χ0n) is 8.95. The summed E-state index contributed by atoms with van der Waals surface area (Å²) in [6, 6.07) is 0.268. The Morgan fingerprint density at radius 2 is 2.14 bits per heavy atom. The first-order chi connectivity index (χ1) is 6.47. The van der Waals surface area contributed by atoms with Crippen LogP contribution in [0.25, 0.3) is 0 Å². The van der Waals surface area contributed by atoms with Gasteiger partial charge in [-0.05, 0) is 27.2 Å². The van der Waals surface area contributed by atoms with Gasteiger partial charge in [0.25, 0.3) is 0 Å². The molecule has 2 rings (SSSR count). The lowest BCUT2D eigenvalue weighted by atomic mass is 10.0. The highest BCUT2D eigenvalue weighted by molar-refractivity contribution is 5.69. The number of carbonyl (C=O) groups excluding carboxylic acids is 1. The van der Waals surface area contributed by atoms with Gasteiger partial charge in [-0.3, -0.25) is 0 Å². The summed E-state index contributed by atoms with van der Waals surface area (Å²) in [5, 5.41) is 0. The van der Waals surface area contributed by atoms with Crippen LogP contribution in [0.2, 0.25) is 0 Å². The summed E-state index contributed by atoms with van der Waals surface area (Å²) in [6.45, 7) is 7.25. The SMILES string of the molecule is CC(C)(C)OC(=O)N1CC[C@H]1[C@@H]1CO1. The largest absolute Gasteiger partial charge is 0.444 e. The van der Waals surface area contributed by atoms with Crippen molar-refractivity contribution in [3.63, 3.8) is 0 Å². The molecule has 2 heterocycles. The molecule has 0 bridgehead atoms. The predicted octanol–water partition coefficient (Wildman–Crippen LogP) is 1.39. The summed E-state index contributed by atoms with van der Waals surface area (Å²) >= 11 is 0. The number of epoxide rings is 1. The molecule has 2 saturated heterocycles. The lowest BCUT2D eigenvalue weighted by Gasteiger charge is -2.40. The summed E-state index contributed by atoms with van der Waals surface area (Å²) in [5.41, 5.74) is -0.401. The molecule has 0 radical (unpaired) electrons. The highest BCUT2D eigenvalue weighted by atomic mass is 16.6. The van der Waals surface area contributed by atoms with Gasteiger partial charge in [-0.2, -0.15) is 0 Å². The van der Waals surface area contributed by atoms with Crippen LogP contribution >= 0.6 is 0 Å². The quantitative estimate of drug-likeness (QED) is 0.599. The fourth-order valence-electron chi connectivity index (χ4n) is 1.62. The van der Waals surface area contributed by atoms with Crippen molar-refractivity contribution in [2.45, 2.75) is 44.9 Å². The van der Waals surface area contributed by atoms with Gasteiger partial charge >= 0.3 is 6.09 Å². The zero-order chi connectivity index (χ0) is 10.3. The highest BCUT2D eigenvalue weighted by Gasteiger charge is 2.45. The molecule has 80 valence electrons. The Balaban J connectivity index is 1.85. The lowest BCUT2D eigenvalue weighted by molar-refractivity contribution is -0.0104. The second-order valence-corrected chi connectivity index (χ2v) is 4.90. The van der Waals surface area contributed by atoms with Crippen molar-refractivity contribution >= 4 is 6.09 Å². The fourth-order valence-corrected chi connectivity index (χ4v) is 1.62. The van der Waals surface area contributed by atoms with E-state index in [1.54, 1.807) is 4.90 Å². The molecule has 0 saturated carbocycles. The van der Waals surface area contributed by atoms with Gasteiger partial charge in [0.1, 0.15) is 11.7 Å². The van der Waals surface area contributed by atoms with Crippen LogP contribution < -0.4 is 0 Å². The predicted molar refractivity (Wildman–Crippen MR) is 51.1 cm³/mol. The Labute approximate surface area is 84.2 Å². The third kappa shape index (κ3) is 2.00. The fraction of sp³-hybridized carbons (Fsp3) is 0.900. The lowest BCUT2D eigenvalue weighted by Crippen LogP contribution is -2.55. The molecule has 0 aromatic heterocycles. The van der Waals surface area contributed by atoms with Crippen LogP contribution in [0.5, 0.6) is 0 Å². The number of rotatable bonds is 1. The molecule has 2 atom stereocenters. The minimum Gasteiger partial charge on any atom is -0.444 e. The van der Waals surface area contributed by atoms with Crippen molar-refractivity contribution in [1.29, 1.82) is 0 Å². The number of hydrogen-bond donors (Lipinski definition) is 0. The maximum atomic E-state index is 11.6. The van der Waals surface area contributed by atoms with Crippen molar-refractivity contribution < 1.29 is 14.3 Å². The van der Waals surface area contributed by atoms with E-state index in [2.05, 4.69) is 0 Å². The summed E-state index contributed by atoms with van der Waals surface area (Å²) in [7, 11) is 0. The molecule has 2 aliphatic rings. The van der Waals surface area contributed by atoms with Crippen molar-refractivity contribution in [2.75, 3.05) is 13.2 Å². The van der Waals surface area contributed by atoms with E-state index in [9.17, 15) is 4.79 Å². The first-order valence-electron chi connectivity index (χ1n) is 5.08. The first-order valence-corrected chi connectivity index (χ1v) is 5.08. The van der Waals surface area contributed by atoms with Gasteiger partial charge < -0.3 is 14.4 Å². The number of likely N-dealkylation sites (tertiary alicyclic amines) is 1. The molecule has 0 unspecified atom stereocenters. The number of hydrogen-bond acceptors (Lipinski definition) is 3. The zero-order valence-corrected chi connectivity index (χ0v) is 8.95. The smallest absolute Gasteiger partial charge is 0.410 e. The number of ether oxygens (including phenoxy) is 2. The van der Waals surface area contributed by atoms with Crippen LogP contribution in [0.15, 0.2) is 0 Å². The number of nitrogens with zero attached hydrogens (tertiary/aromatic N) is 1. The summed E-state index contributed by atoms with van der Waals surface area (Å²) in [6.07, 6.45) is 1.12. The molecule has 4 heteroatoms. The summed E-state index contributed by atoms with van der Waals surface area (Å²) in [5.74, 6) is 0. The molecular weight excluding hydrogens is 182 g/mol. The van der Waals surface area contributed by atoms with E-state index in [4.69, 9.17) is 9.47 Å². The second kappa shape index (κ2) is 3.12. The molecule has 14 heavy (non-hydrogen) atoms. The molecule has 2 fully saturated rings. The average molecular weight is 199 g/mol. The van der Waals surface area contributed by atoms with Crippen molar-refractivity contribution in [1.82, 2.24) is 4.90 Å². The molecule has 0 N–H and O–H groups in total. The normalized spacial score (nSPS) is 30.9. The van der Waals surface area contributed by atoms with E-state index >= 15 is 0 Å². The van der Waals surface area contributed by atoms with Crippen LogP contribution in [0, 0.1) is 0 Å². The van der Waals surface area contributed by atoms with Crippen LogP contribution in [0.4, 0.5) is 4.79 Å². The minimum atomic E-state index is -0.401. The molecule has 0 spiro atoms. The Morgan fingerprint density at radius 3 is 2.50 bits per heavy atom. The van der Waals surface area contributed by atoms with Crippen LogP contribution in [-0.4, -0.2) is 41.9 Å². The van der Waals surface area contributed by atoms with Crippen LogP contribution in [0.3, 0.4) is 0 Å². The van der Waals surface area contributed by atoms with E-state index in [0.29, 0.717) is 0 Å². The van der Waals surface area contributed by atoms with Crippen molar-refractivity contribution in [3.05, 3.63) is 0 Å². The number of amides is 1. The third-order valence-corrected chi connectivity index (χ3v) is 2.48. The standard InChI is InChI=1S/C10H17NO3/c1-10(2,3)14-9(12)11-5-4-7(11)8-6-13-8/h7-8H,4-6H2,1-3H3/t7-,8-/m0/s1. The molecule has 2 aliphatic heterocycles. The second-order valence-electron chi connectivity index (χ2n) is 4.90. The van der Waals surface area contributed by atoms with Gasteiger partial charge in [-0.1, -0.05) is 0 Å². The third-order valence-electron chi connectivity index (χ3n) is 2.48. The van der Waals surface area contributed by atoms with E-state index in [1.165, 1.54) is 0 Å². The molecule has 0 aromatic carbocycles. The van der Waals surface area contributed by atoms with Crippen LogP contribution in [0.1, 0.15) is 27.2 Å². The molecule has 0 aromatic rings. The van der Waals surface area contributed by atoms with Gasteiger partial charge in [0.2, 0.25) is 0 Å². The highest BCUT2D eigenvalue weighted by Crippen LogP contribution is 2.30. The van der Waals surface area contributed by atoms with E-state index in [1.807, 2.05) is 20.8 Å². The first kappa shape index (κ1) is 9.77. The maximum Gasteiger partial charge on any atom is 0.410 e. The van der Waals surface area contributed by atoms with E-state index in [0.717, 1.165) is 19.6 Å². The molecule has 4 nitrogen and oxygen atoms in total. The van der Waals surface area contributed by atoms with Crippen LogP contribution in [-0.2, 0) is 9.47 Å². The number of carbonyl (C=O) groups is 1. The maximum absolute atomic E-state index is 11.6. The Hall–Kier alpha value is -0.770. The Morgan fingerprint density at radius 1 is 1.50 bits per heavy atom. The monoisotopic (exact) mass is 199 g/mol. The minimum absolute atomic E-state index is 0.204. The van der Waals surface area contributed by atoms with Gasteiger partial charge in [0, 0.05) is 6.54 Å². The van der Waals surface area contributed by atoms with Gasteiger partial charge in [0.05, 0.1) is 12.6 Å². The summed E-state index contributed by atoms with van der Waals surface area (Å²) < 4.78 is 10.5. The van der Waals surface area contributed by atoms with Gasteiger partial charge in [-0.25, -0.2) is 4.79 Å². The topological polar surface area (TPSA) is 42.1 Å². The molecule has 1 amide bonds. The van der Waals surface area contributed by atoms with Crippen molar-refractivity contribution in [2.24, 2.45) is 0 Å². The van der Waals surface area contributed by atoms with E-state index in [-0.39, 0.29) is 18.2 Å². The molecular formula is C10H17NO3. The summed E-state index contributed by atoms with van der Waals surface area (Å²) in [4.78, 5) is 13.4. The van der Waals surface area contributed by atoms with E-state index < -0.39 is 5.60 Å².